The van der Waals surface area contributed by atoms with Gasteiger partial charge in [0.05, 0.1) is 5.97 Å². The van der Waals surface area contributed by atoms with Gasteiger partial charge in [0.1, 0.15) is 0 Å². The maximum absolute atomic E-state index is 12.1. The van der Waals surface area contributed by atoms with Crippen molar-refractivity contribution in [2.24, 2.45) is 0 Å². The van der Waals surface area contributed by atoms with Crippen molar-refractivity contribution in [3.8, 4) is 0 Å². The molecule has 108 valence electrons. The Kier molecular flexibility index (Phi) is 5.41. The summed E-state index contributed by atoms with van der Waals surface area (Å²) in [5.41, 5.74) is 1.16. The van der Waals surface area contributed by atoms with E-state index in [1.807, 2.05) is 12.1 Å². The fraction of sp³-hybridized carbons (Fsp3) is 0.0667. The monoisotopic (exact) mass is 364 g/mol. The first-order valence-corrected chi connectivity index (χ1v) is 7.82. The molecular weight excluding hydrogens is 354 g/mol. The molecule has 1 N–H and O–H groups in total. The van der Waals surface area contributed by atoms with Crippen LogP contribution < -0.4 is 10.4 Å². The minimum atomic E-state index is -1.13. The average Bonchev–Trinajstić information content (AvgIpc) is 2.48. The number of rotatable bonds is 5. The normalized spacial score (nSPS) is 10.1. The molecule has 0 atom stereocenters. The van der Waals surface area contributed by atoms with E-state index in [-0.39, 0.29) is 11.7 Å². The maximum atomic E-state index is 12.1. The zero-order valence-electron chi connectivity index (χ0n) is 10.8. The summed E-state index contributed by atoms with van der Waals surface area (Å²) < 4.78 is 0.932. The molecule has 6 heteroatoms. The Morgan fingerprint density at radius 3 is 2.52 bits per heavy atom. The van der Waals surface area contributed by atoms with E-state index in [9.17, 15) is 14.7 Å². The number of anilines is 1. The standard InChI is InChI=1S/C15H12BrNO3S/c16-11-4-6-12(7-5-11)17-15(20)10-2-1-3-13(8-10)21-9-14(18)19/h1-8H,9H2,(H,17,20)(H,18,19)/p-1. The summed E-state index contributed by atoms with van der Waals surface area (Å²) in [6, 6.07) is 14.0. The number of benzene rings is 2. The molecule has 0 aliphatic rings. The summed E-state index contributed by atoms with van der Waals surface area (Å²) in [5.74, 6) is -1.52. The van der Waals surface area contributed by atoms with Crippen molar-refractivity contribution in [3.63, 3.8) is 0 Å². The number of hydrogen-bond donors (Lipinski definition) is 1. The number of carbonyl (C=O) groups is 2. The van der Waals surface area contributed by atoms with Crippen molar-refractivity contribution < 1.29 is 14.7 Å². The van der Waals surface area contributed by atoms with Gasteiger partial charge in [-0.3, -0.25) is 4.79 Å². The van der Waals surface area contributed by atoms with Crippen LogP contribution in [0.15, 0.2) is 57.9 Å². The van der Waals surface area contributed by atoms with Gasteiger partial charge in [-0.15, -0.1) is 11.8 Å². The number of nitrogens with one attached hydrogen (secondary N) is 1. The predicted octanol–water partition coefficient (Wildman–Crippen LogP) is 2.54. The molecule has 2 rings (SSSR count). The van der Waals surface area contributed by atoms with Gasteiger partial charge in [0.15, 0.2) is 0 Å². The second-order valence-electron chi connectivity index (χ2n) is 4.15. The van der Waals surface area contributed by atoms with E-state index < -0.39 is 5.97 Å². The summed E-state index contributed by atoms with van der Waals surface area (Å²) >= 11 is 4.45. The van der Waals surface area contributed by atoms with Crippen LogP contribution >= 0.6 is 27.7 Å². The number of carbonyl (C=O) groups excluding carboxylic acids is 2. The van der Waals surface area contributed by atoms with E-state index in [1.165, 1.54) is 0 Å². The van der Waals surface area contributed by atoms with E-state index >= 15 is 0 Å². The minimum Gasteiger partial charge on any atom is -0.549 e. The highest BCUT2D eigenvalue weighted by Gasteiger charge is 2.07. The Labute approximate surface area is 134 Å². The maximum Gasteiger partial charge on any atom is 0.255 e. The van der Waals surface area contributed by atoms with Crippen LogP contribution in [0.2, 0.25) is 0 Å². The number of carboxylic acid groups (broad SMARTS) is 1. The third kappa shape index (κ3) is 4.91. The number of thioether (sulfide) groups is 1. The number of amides is 1. The van der Waals surface area contributed by atoms with Crippen LogP contribution in [-0.2, 0) is 4.79 Å². The molecule has 0 aliphatic carbocycles. The van der Waals surface area contributed by atoms with Crippen LogP contribution in [0.4, 0.5) is 5.69 Å². The molecule has 0 unspecified atom stereocenters. The lowest BCUT2D eigenvalue weighted by Crippen LogP contribution is -2.24. The molecule has 4 nitrogen and oxygen atoms in total. The zero-order chi connectivity index (χ0) is 15.2. The first-order valence-electron chi connectivity index (χ1n) is 6.04. The second-order valence-corrected chi connectivity index (χ2v) is 6.11. The molecule has 2 aromatic carbocycles. The molecule has 21 heavy (non-hydrogen) atoms. The summed E-state index contributed by atoms with van der Waals surface area (Å²) in [6.07, 6.45) is 0. The lowest BCUT2D eigenvalue weighted by atomic mass is 10.2. The molecule has 0 aromatic heterocycles. The summed E-state index contributed by atoms with van der Waals surface area (Å²) in [7, 11) is 0. The Balaban J connectivity index is 2.06. The van der Waals surface area contributed by atoms with Gasteiger partial charge < -0.3 is 15.2 Å². The molecular formula is C15H11BrNO3S-. The second kappa shape index (κ2) is 7.28. The van der Waals surface area contributed by atoms with E-state index in [2.05, 4.69) is 21.2 Å². The van der Waals surface area contributed by atoms with Crippen LogP contribution in [0.1, 0.15) is 10.4 Å². The molecule has 0 saturated carbocycles. The Morgan fingerprint density at radius 1 is 1.14 bits per heavy atom. The van der Waals surface area contributed by atoms with Crippen LogP contribution in [0, 0.1) is 0 Å². The largest absolute Gasteiger partial charge is 0.549 e. The summed E-state index contributed by atoms with van der Waals surface area (Å²) in [4.78, 5) is 23.3. The number of aliphatic carboxylic acids is 1. The van der Waals surface area contributed by atoms with E-state index in [1.54, 1.807) is 36.4 Å². The van der Waals surface area contributed by atoms with E-state index in [4.69, 9.17) is 0 Å². The molecule has 0 heterocycles. The van der Waals surface area contributed by atoms with Crippen molar-refractivity contribution >= 4 is 45.3 Å². The van der Waals surface area contributed by atoms with Gasteiger partial charge in [-0.1, -0.05) is 22.0 Å². The van der Waals surface area contributed by atoms with Gasteiger partial charge in [-0.05, 0) is 42.5 Å². The third-order valence-electron chi connectivity index (χ3n) is 2.56. The topological polar surface area (TPSA) is 69.2 Å². The van der Waals surface area contributed by atoms with Gasteiger partial charge in [-0.2, -0.15) is 0 Å². The van der Waals surface area contributed by atoms with Crippen molar-refractivity contribution in [2.75, 3.05) is 11.1 Å². The van der Waals surface area contributed by atoms with Gasteiger partial charge in [0, 0.05) is 26.4 Å². The van der Waals surface area contributed by atoms with Crippen molar-refractivity contribution in [1.82, 2.24) is 0 Å². The molecule has 0 saturated heterocycles. The highest BCUT2D eigenvalue weighted by molar-refractivity contribution is 9.10. The first-order chi connectivity index (χ1) is 10.0. The molecule has 1 amide bonds. The highest BCUT2D eigenvalue weighted by atomic mass is 79.9. The smallest absolute Gasteiger partial charge is 0.255 e. The lowest BCUT2D eigenvalue weighted by molar-refractivity contribution is -0.301. The minimum absolute atomic E-state index is 0.141. The quantitative estimate of drug-likeness (QED) is 0.827. The molecule has 0 bridgehead atoms. The molecule has 0 aliphatic heterocycles. The Morgan fingerprint density at radius 2 is 1.86 bits per heavy atom. The average molecular weight is 365 g/mol. The van der Waals surface area contributed by atoms with Gasteiger partial charge in [0.2, 0.25) is 0 Å². The Hall–Kier alpha value is -1.79. The lowest BCUT2D eigenvalue weighted by Gasteiger charge is -2.07. The molecule has 2 aromatic rings. The fourth-order valence-electron chi connectivity index (χ4n) is 1.61. The SMILES string of the molecule is O=C([O-])CSc1cccc(C(=O)Nc2ccc(Br)cc2)c1. The van der Waals surface area contributed by atoms with Crippen molar-refractivity contribution in [3.05, 3.63) is 58.6 Å². The molecule has 0 spiro atoms. The Bertz CT molecular complexity index is 658. The number of halogens is 1. The third-order valence-corrected chi connectivity index (χ3v) is 4.05. The van der Waals surface area contributed by atoms with Crippen LogP contribution in [-0.4, -0.2) is 17.6 Å². The molecule has 0 fully saturated rings. The summed E-state index contributed by atoms with van der Waals surface area (Å²) in [5, 5.41) is 13.2. The van der Waals surface area contributed by atoms with E-state index in [0.717, 1.165) is 16.2 Å². The van der Waals surface area contributed by atoms with E-state index in [0.29, 0.717) is 16.1 Å². The number of carboxylic acids is 1. The number of hydrogen-bond acceptors (Lipinski definition) is 4. The highest BCUT2D eigenvalue weighted by Crippen LogP contribution is 2.20. The summed E-state index contributed by atoms with van der Waals surface area (Å²) in [6.45, 7) is 0. The van der Waals surface area contributed by atoms with Gasteiger partial charge in [0.25, 0.3) is 5.91 Å². The van der Waals surface area contributed by atoms with Crippen molar-refractivity contribution in [2.45, 2.75) is 4.90 Å². The van der Waals surface area contributed by atoms with Crippen LogP contribution in [0.5, 0.6) is 0 Å². The first kappa shape index (κ1) is 15.6. The van der Waals surface area contributed by atoms with Crippen molar-refractivity contribution in [1.29, 1.82) is 0 Å². The molecule has 0 radical (unpaired) electrons. The van der Waals surface area contributed by atoms with Crippen LogP contribution in [0.25, 0.3) is 0 Å². The zero-order valence-corrected chi connectivity index (χ0v) is 13.2. The van der Waals surface area contributed by atoms with Gasteiger partial charge in [-0.25, -0.2) is 0 Å². The van der Waals surface area contributed by atoms with Crippen LogP contribution in [0.3, 0.4) is 0 Å². The van der Waals surface area contributed by atoms with Gasteiger partial charge >= 0.3 is 0 Å². The predicted molar refractivity (Wildman–Crippen MR) is 84.3 cm³/mol. The fourth-order valence-corrected chi connectivity index (χ4v) is 2.54.